The van der Waals surface area contributed by atoms with Crippen LogP contribution in [0.2, 0.25) is 0 Å². The van der Waals surface area contributed by atoms with Crippen LogP contribution in [-0.2, 0) is 6.61 Å². The lowest BCUT2D eigenvalue weighted by Crippen LogP contribution is -2.01. The minimum atomic E-state index is -0.785. The van der Waals surface area contributed by atoms with E-state index in [9.17, 15) is 14.5 Å². The molecule has 7 nitrogen and oxygen atoms in total. The second-order valence-electron chi connectivity index (χ2n) is 3.38. The van der Waals surface area contributed by atoms with Gasteiger partial charge in [-0.25, -0.2) is 4.39 Å². The molecule has 0 unspecified atom stereocenters. The van der Waals surface area contributed by atoms with E-state index in [1.807, 2.05) is 0 Å². The van der Waals surface area contributed by atoms with Crippen molar-refractivity contribution in [1.82, 2.24) is 10.2 Å². The Labute approximate surface area is 111 Å². The zero-order valence-corrected chi connectivity index (χ0v) is 10.6. The number of nitrogens with zero attached hydrogens (tertiary/aromatic N) is 3. The molecule has 2 aromatic rings. The normalized spacial score (nSPS) is 10.2. The van der Waals surface area contributed by atoms with Gasteiger partial charge in [-0.3, -0.25) is 10.1 Å². The van der Waals surface area contributed by atoms with Crippen molar-refractivity contribution in [2.24, 2.45) is 0 Å². The second kappa shape index (κ2) is 5.57. The van der Waals surface area contributed by atoms with Crippen LogP contribution >= 0.6 is 11.3 Å². The number of hydrogen-bond donors (Lipinski definition) is 1. The number of nitro benzene ring substituents is 1. The molecule has 2 rings (SSSR count). The van der Waals surface area contributed by atoms with Crippen molar-refractivity contribution in [3.63, 3.8) is 0 Å². The lowest BCUT2D eigenvalue weighted by atomic mass is 10.3. The van der Waals surface area contributed by atoms with Gasteiger partial charge in [0.2, 0.25) is 10.9 Å². The number of nitro groups is 1. The molecule has 0 spiro atoms. The van der Waals surface area contributed by atoms with E-state index in [0.29, 0.717) is 10.1 Å². The number of para-hydroxylation sites is 1. The smallest absolute Gasteiger partial charge is 0.314 e. The van der Waals surface area contributed by atoms with Gasteiger partial charge in [-0.1, -0.05) is 17.4 Å². The van der Waals surface area contributed by atoms with E-state index in [2.05, 4.69) is 15.5 Å². The Balaban J connectivity index is 2.17. The van der Waals surface area contributed by atoms with Crippen LogP contribution in [0.1, 0.15) is 5.01 Å². The van der Waals surface area contributed by atoms with Gasteiger partial charge >= 0.3 is 5.69 Å². The van der Waals surface area contributed by atoms with E-state index in [-0.39, 0.29) is 6.61 Å². The van der Waals surface area contributed by atoms with Crippen LogP contribution in [0.4, 0.5) is 15.2 Å². The molecule has 1 aromatic carbocycles. The molecular formula is C10H9FN4O3S. The molecule has 1 N–H and O–H groups in total. The van der Waals surface area contributed by atoms with Gasteiger partial charge in [-0.05, 0) is 6.07 Å². The molecule has 0 aliphatic carbocycles. The average molecular weight is 284 g/mol. The zero-order chi connectivity index (χ0) is 13.8. The SMILES string of the molecule is CNc1nnc(COc2c(F)cccc2[N+](=O)[O-])s1. The predicted molar refractivity (Wildman–Crippen MR) is 66.8 cm³/mol. The molecule has 1 heterocycles. The van der Waals surface area contributed by atoms with Crippen LogP contribution in [0.15, 0.2) is 18.2 Å². The maximum Gasteiger partial charge on any atom is 0.314 e. The van der Waals surface area contributed by atoms with Crippen molar-refractivity contribution < 1.29 is 14.1 Å². The van der Waals surface area contributed by atoms with Gasteiger partial charge in [0.1, 0.15) is 6.61 Å². The van der Waals surface area contributed by atoms with Crippen LogP contribution in [0.3, 0.4) is 0 Å². The highest BCUT2D eigenvalue weighted by Crippen LogP contribution is 2.30. The number of nitrogens with one attached hydrogen (secondary N) is 1. The number of anilines is 1. The number of rotatable bonds is 5. The third kappa shape index (κ3) is 2.94. The van der Waals surface area contributed by atoms with Gasteiger partial charge in [-0.2, -0.15) is 0 Å². The Morgan fingerprint density at radius 1 is 1.53 bits per heavy atom. The van der Waals surface area contributed by atoms with Crippen molar-refractivity contribution in [3.05, 3.63) is 39.1 Å². The first kappa shape index (κ1) is 13.1. The number of halogens is 1. The summed E-state index contributed by atoms with van der Waals surface area (Å²) in [7, 11) is 1.69. The Kier molecular flexibility index (Phi) is 3.85. The third-order valence-electron chi connectivity index (χ3n) is 2.16. The van der Waals surface area contributed by atoms with Crippen LogP contribution in [0.25, 0.3) is 0 Å². The molecular weight excluding hydrogens is 275 g/mol. The first-order chi connectivity index (χ1) is 9.11. The minimum Gasteiger partial charge on any atom is -0.477 e. The van der Waals surface area contributed by atoms with Crippen LogP contribution in [-0.4, -0.2) is 22.2 Å². The molecule has 1 aromatic heterocycles. The molecule has 0 aliphatic heterocycles. The summed E-state index contributed by atoms with van der Waals surface area (Å²) >= 11 is 1.22. The number of aromatic nitrogens is 2. The molecule has 0 atom stereocenters. The summed E-state index contributed by atoms with van der Waals surface area (Å²) in [6, 6.07) is 3.53. The van der Waals surface area contributed by atoms with E-state index in [1.165, 1.54) is 23.5 Å². The number of hydrogen-bond acceptors (Lipinski definition) is 7. The summed E-state index contributed by atoms with van der Waals surface area (Å²) in [6.45, 7) is -0.0822. The van der Waals surface area contributed by atoms with Crippen molar-refractivity contribution in [1.29, 1.82) is 0 Å². The first-order valence-electron chi connectivity index (χ1n) is 5.17. The summed E-state index contributed by atoms with van der Waals surface area (Å²) in [5.74, 6) is -1.18. The molecule has 0 bridgehead atoms. The van der Waals surface area contributed by atoms with Gasteiger partial charge < -0.3 is 10.1 Å². The van der Waals surface area contributed by atoms with Crippen LogP contribution in [0, 0.1) is 15.9 Å². The Morgan fingerprint density at radius 3 is 2.95 bits per heavy atom. The largest absolute Gasteiger partial charge is 0.477 e. The van der Waals surface area contributed by atoms with E-state index in [0.717, 1.165) is 6.07 Å². The molecule has 0 fully saturated rings. The molecule has 19 heavy (non-hydrogen) atoms. The second-order valence-corrected chi connectivity index (χ2v) is 4.45. The van der Waals surface area contributed by atoms with Crippen molar-refractivity contribution in [3.8, 4) is 5.75 Å². The van der Waals surface area contributed by atoms with Crippen LogP contribution < -0.4 is 10.1 Å². The summed E-state index contributed by atoms with van der Waals surface area (Å²) in [6.07, 6.45) is 0. The highest BCUT2D eigenvalue weighted by Gasteiger charge is 2.19. The lowest BCUT2D eigenvalue weighted by molar-refractivity contribution is -0.386. The maximum absolute atomic E-state index is 13.5. The molecule has 0 radical (unpaired) electrons. The fourth-order valence-corrected chi connectivity index (χ4v) is 1.94. The van der Waals surface area contributed by atoms with E-state index < -0.39 is 22.2 Å². The molecule has 0 saturated heterocycles. The van der Waals surface area contributed by atoms with Gasteiger partial charge in [0.15, 0.2) is 10.8 Å². The fraction of sp³-hybridized carbons (Fsp3) is 0.200. The molecule has 9 heteroatoms. The van der Waals surface area contributed by atoms with Crippen molar-refractivity contribution >= 4 is 22.2 Å². The Morgan fingerprint density at radius 2 is 2.32 bits per heavy atom. The Bertz CT molecular complexity index is 604. The number of benzene rings is 1. The number of ether oxygens (including phenoxy) is 1. The molecule has 100 valence electrons. The third-order valence-corrected chi connectivity index (χ3v) is 3.08. The average Bonchev–Trinajstić information content (AvgIpc) is 2.85. The highest BCUT2D eigenvalue weighted by atomic mass is 32.1. The van der Waals surface area contributed by atoms with E-state index in [4.69, 9.17) is 4.74 Å². The summed E-state index contributed by atoms with van der Waals surface area (Å²) < 4.78 is 18.6. The molecule has 0 aliphatic rings. The zero-order valence-electron chi connectivity index (χ0n) is 9.79. The summed E-state index contributed by atoms with van der Waals surface area (Å²) in [4.78, 5) is 10.1. The maximum atomic E-state index is 13.5. The standard InChI is InChI=1S/C10H9FN4O3S/c1-12-10-14-13-8(19-10)5-18-9-6(11)3-2-4-7(9)15(16)17/h2-4H,5H2,1H3,(H,12,14). The Hall–Kier alpha value is -2.29. The van der Waals surface area contributed by atoms with Crippen molar-refractivity contribution in [2.75, 3.05) is 12.4 Å². The molecule has 0 amide bonds. The quantitative estimate of drug-likeness (QED) is 0.668. The minimum absolute atomic E-state index is 0.0822. The lowest BCUT2D eigenvalue weighted by Gasteiger charge is -2.05. The van der Waals surface area contributed by atoms with E-state index >= 15 is 0 Å². The van der Waals surface area contributed by atoms with Gasteiger partial charge in [0.05, 0.1) is 4.92 Å². The topological polar surface area (TPSA) is 90.2 Å². The highest BCUT2D eigenvalue weighted by molar-refractivity contribution is 7.15. The van der Waals surface area contributed by atoms with Gasteiger partial charge in [-0.15, -0.1) is 10.2 Å². The summed E-state index contributed by atoms with van der Waals surface area (Å²) in [5.41, 5.74) is -0.418. The van der Waals surface area contributed by atoms with Crippen LogP contribution in [0.5, 0.6) is 5.75 Å². The van der Waals surface area contributed by atoms with Crippen molar-refractivity contribution in [2.45, 2.75) is 6.61 Å². The first-order valence-corrected chi connectivity index (χ1v) is 5.99. The fourth-order valence-electron chi connectivity index (χ4n) is 1.33. The predicted octanol–water partition coefficient (Wildman–Crippen LogP) is 2.21. The monoisotopic (exact) mass is 284 g/mol. The molecule has 0 saturated carbocycles. The van der Waals surface area contributed by atoms with Gasteiger partial charge in [0, 0.05) is 13.1 Å². The van der Waals surface area contributed by atoms with E-state index in [1.54, 1.807) is 7.05 Å². The van der Waals surface area contributed by atoms with Gasteiger partial charge in [0.25, 0.3) is 0 Å². The summed E-state index contributed by atoms with van der Waals surface area (Å²) in [5, 5.41) is 22.2.